The van der Waals surface area contributed by atoms with Crippen molar-refractivity contribution in [2.24, 2.45) is 0 Å². The maximum absolute atomic E-state index is 5.66. The van der Waals surface area contributed by atoms with E-state index in [0.29, 0.717) is 16.0 Å². The molecule has 3 nitrogen and oxygen atoms in total. The third-order valence-corrected chi connectivity index (χ3v) is 5.31. The predicted octanol–water partition coefficient (Wildman–Crippen LogP) is 2.49. The zero-order chi connectivity index (χ0) is 11.5. The smallest absolute Gasteiger partial charge is 0.203 e. The van der Waals surface area contributed by atoms with Crippen LogP contribution < -0.4 is 5.73 Å². The Morgan fingerprint density at radius 3 is 2.29 bits per heavy atom. The van der Waals surface area contributed by atoms with Gasteiger partial charge >= 0.3 is 0 Å². The van der Waals surface area contributed by atoms with Crippen LogP contribution in [-0.4, -0.2) is 10.2 Å². The summed E-state index contributed by atoms with van der Waals surface area (Å²) in [6.45, 7) is 0. The molecule has 86 valence electrons. The molecule has 1 heterocycles. The molecule has 0 atom stereocenters. The van der Waals surface area contributed by atoms with Crippen LogP contribution in [0.3, 0.4) is 0 Å². The van der Waals surface area contributed by atoms with Gasteiger partial charge in [-0.1, -0.05) is 41.7 Å². The van der Waals surface area contributed by atoms with Crippen LogP contribution in [0.15, 0.2) is 30.3 Å². The van der Waals surface area contributed by atoms with E-state index >= 15 is 0 Å². The van der Waals surface area contributed by atoms with E-state index in [4.69, 9.17) is 5.73 Å². The lowest BCUT2D eigenvalue weighted by Gasteiger charge is -2.70. The van der Waals surface area contributed by atoms with E-state index < -0.39 is 0 Å². The van der Waals surface area contributed by atoms with Crippen LogP contribution in [-0.2, 0) is 10.8 Å². The maximum atomic E-state index is 5.66. The summed E-state index contributed by atoms with van der Waals surface area (Å²) >= 11 is 1.56. The normalized spacial score (nSPS) is 33.9. The van der Waals surface area contributed by atoms with Crippen molar-refractivity contribution in [2.45, 2.75) is 30.1 Å². The molecule has 0 unspecified atom stereocenters. The first-order valence-corrected chi connectivity index (χ1v) is 6.69. The van der Waals surface area contributed by atoms with Gasteiger partial charge in [0.2, 0.25) is 5.13 Å². The summed E-state index contributed by atoms with van der Waals surface area (Å²) in [6.07, 6.45) is 3.66. The summed E-state index contributed by atoms with van der Waals surface area (Å²) in [5, 5.41) is 9.89. The Balaban J connectivity index is 1.61. The second kappa shape index (κ2) is 2.88. The Morgan fingerprint density at radius 2 is 1.71 bits per heavy atom. The molecule has 0 saturated heterocycles. The quantitative estimate of drug-likeness (QED) is 0.881. The summed E-state index contributed by atoms with van der Waals surface area (Å²) in [4.78, 5) is 0. The topological polar surface area (TPSA) is 51.8 Å². The van der Waals surface area contributed by atoms with E-state index in [2.05, 4.69) is 40.5 Å². The molecular weight excluding hydrogens is 230 g/mol. The molecular formula is C13H13N3S. The van der Waals surface area contributed by atoms with Gasteiger partial charge in [-0.15, -0.1) is 10.2 Å². The Labute approximate surface area is 104 Å². The van der Waals surface area contributed by atoms with Crippen molar-refractivity contribution < 1.29 is 0 Å². The van der Waals surface area contributed by atoms with Gasteiger partial charge in [0.1, 0.15) is 5.01 Å². The lowest BCUT2D eigenvalue weighted by Crippen LogP contribution is -2.67. The van der Waals surface area contributed by atoms with Crippen LogP contribution in [0.4, 0.5) is 5.13 Å². The molecule has 1 aromatic carbocycles. The number of aromatic nitrogens is 2. The number of nitrogen functional groups attached to an aromatic ring is 1. The minimum absolute atomic E-state index is 0.311. The minimum atomic E-state index is 0.311. The van der Waals surface area contributed by atoms with Crippen molar-refractivity contribution in [3.8, 4) is 0 Å². The first kappa shape index (κ1) is 9.59. The van der Waals surface area contributed by atoms with Crippen LogP contribution >= 0.6 is 11.3 Å². The number of nitrogens with two attached hydrogens (primary N) is 1. The van der Waals surface area contributed by atoms with Gasteiger partial charge in [0.25, 0.3) is 0 Å². The predicted molar refractivity (Wildman–Crippen MR) is 68.0 cm³/mol. The summed E-state index contributed by atoms with van der Waals surface area (Å²) in [6, 6.07) is 10.8. The third-order valence-electron chi connectivity index (χ3n) is 4.31. The summed E-state index contributed by atoms with van der Waals surface area (Å²) < 4.78 is 0. The molecule has 17 heavy (non-hydrogen) atoms. The van der Waals surface area contributed by atoms with Gasteiger partial charge in [-0.05, 0) is 30.2 Å². The van der Waals surface area contributed by atoms with E-state index in [1.165, 1.54) is 24.8 Å². The highest BCUT2D eigenvalue weighted by Gasteiger charge is 2.70. The average molecular weight is 243 g/mol. The van der Waals surface area contributed by atoms with E-state index in [9.17, 15) is 0 Å². The minimum Gasteiger partial charge on any atom is -0.374 e. The first-order chi connectivity index (χ1) is 8.23. The van der Waals surface area contributed by atoms with E-state index in [1.54, 1.807) is 11.3 Å². The number of hydrogen-bond donors (Lipinski definition) is 1. The van der Waals surface area contributed by atoms with Crippen LogP contribution in [0.2, 0.25) is 0 Å². The van der Waals surface area contributed by atoms with Crippen molar-refractivity contribution in [3.63, 3.8) is 0 Å². The van der Waals surface area contributed by atoms with Crippen LogP contribution in [0.1, 0.15) is 29.8 Å². The number of nitrogens with zero attached hydrogens (tertiary/aromatic N) is 2. The monoisotopic (exact) mass is 243 g/mol. The molecule has 3 aliphatic carbocycles. The molecule has 2 N–H and O–H groups in total. The fourth-order valence-corrected chi connectivity index (χ4v) is 4.36. The lowest BCUT2D eigenvalue weighted by molar-refractivity contribution is -0.0697. The highest BCUT2D eigenvalue weighted by molar-refractivity contribution is 7.15. The van der Waals surface area contributed by atoms with Crippen molar-refractivity contribution in [3.05, 3.63) is 40.9 Å². The van der Waals surface area contributed by atoms with E-state index in [0.717, 1.165) is 5.01 Å². The molecule has 0 aliphatic heterocycles. The Hall–Kier alpha value is -1.42. The number of benzene rings is 1. The number of rotatable bonds is 2. The van der Waals surface area contributed by atoms with Crippen molar-refractivity contribution in [2.75, 3.05) is 5.73 Å². The van der Waals surface area contributed by atoms with E-state index in [-0.39, 0.29) is 0 Å². The Bertz CT molecular complexity index is 556. The van der Waals surface area contributed by atoms with Crippen molar-refractivity contribution >= 4 is 16.5 Å². The molecule has 0 amide bonds. The zero-order valence-electron chi connectivity index (χ0n) is 9.39. The molecule has 3 saturated carbocycles. The zero-order valence-corrected chi connectivity index (χ0v) is 10.2. The third kappa shape index (κ3) is 1.11. The fourth-order valence-electron chi connectivity index (χ4n) is 3.56. The highest BCUT2D eigenvalue weighted by Crippen LogP contribution is 2.74. The number of anilines is 1. The Kier molecular flexibility index (Phi) is 1.62. The molecule has 3 fully saturated rings. The van der Waals surface area contributed by atoms with Gasteiger partial charge in [-0.3, -0.25) is 0 Å². The molecule has 4 heteroatoms. The molecule has 0 spiro atoms. The van der Waals surface area contributed by atoms with E-state index in [1.807, 2.05) is 0 Å². The number of hydrogen-bond acceptors (Lipinski definition) is 4. The molecule has 3 aliphatic rings. The molecule has 2 aromatic rings. The van der Waals surface area contributed by atoms with Gasteiger partial charge in [0.05, 0.1) is 0 Å². The van der Waals surface area contributed by atoms with Crippen LogP contribution in [0, 0.1) is 0 Å². The second-order valence-electron chi connectivity index (χ2n) is 5.40. The standard InChI is InChI=1S/C13H13N3S/c14-11-16-15-10(17-11)13-6-12(7-13,8-13)9-4-2-1-3-5-9/h1-5H,6-8H2,(H2,14,16). The largest absolute Gasteiger partial charge is 0.374 e. The SMILES string of the molecule is Nc1nnc(C23CC(c4ccccc4)(C2)C3)s1. The summed E-state index contributed by atoms with van der Waals surface area (Å²) in [5.74, 6) is 0. The second-order valence-corrected chi connectivity index (χ2v) is 6.41. The van der Waals surface area contributed by atoms with Gasteiger partial charge in [-0.2, -0.15) is 0 Å². The first-order valence-electron chi connectivity index (χ1n) is 5.88. The fraction of sp³-hybridized carbons (Fsp3) is 0.385. The average Bonchev–Trinajstić information content (AvgIpc) is 2.63. The van der Waals surface area contributed by atoms with Crippen molar-refractivity contribution in [1.29, 1.82) is 0 Å². The Morgan fingerprint density at radius 1 is 1.00 bits per heavy atom. The van der Waals surface area contributed by atoms with Gasteiger partial charge in [-0.25, -0.2) is 0 Å². The van der Waals surface area contributed by atoms with Gasteiger partial charge in [0.15, 0.2) is 0 Å². The van der Waals surface area contributed by atoms with Crippen molar-refractivity contribution in [1.82, 2.24) is 10.2 Å². The summed E-state index contributed by atoms with van der Waals surface area (Å²) in [7, 11) is 0. The molecule has 1 aromatic heterocycles. The van der Waals surface area contributed by atoms with Crippen LogP contribution in [0.5, 0.6) is 0 Å². The lowest BCUT2D eigenvalue weighted by atomic mass is 9.34. The maximum Gasteiger partial charge on any atom is 0.203 e. The van der Waals surface area contributed by atoms with Gasteiger partial charge < -0.3 is 5.73 Å². The molecule has 0 radical (unpaired) electrons. The molecule has 2 bridgehead atoms. The van der Waals surface area contributed by atoms with Gasteiger partial charge in [0, 0.05) is 5.41 Å². The highest BCUT2D eigenvalue weighted by atomic mass is 32.1. The van der Waals surface area contributed by atoms with Crippen LogP contribution in [0.25, 0.3) is 0 Å². The summed E-state index contributed by atoms with van der Waals surface area (Å²) in [5.41, 5.74) is 7.89. The molecule has 5 rings (SSSR count).